The Morgan fingerprint density at radius 2 is 2.14 bits per heavy atom. The molecule has 1 unspecified atom stereocenters. The van der Waals surface area contributed by atoms with Gasteiger partial charge in [-0.2, -0.15) is 0 Å². The molecule has 3 rings (SSSR count). The lowest BCUT2D eigenvalue weighted by Crippen LogP contribution is -2.16. The second kappa shape index (κ2) is 5.77. The molecule has 2 aromatic carbocycles. The van der Waals surface area contributed by atoms with Crippen LogP contribution in [0.2, 0.25) is 0 Å². The van der Waals surface area contributed by atoms with Gasteiger partial charge in [-0.1, -0.05) is 18.2 Å². The molecule has 0 aromatic heterocycles. The quantitative estimate of drug-likeness (QED) is 0.876. The van der Waals surface area contributed by atoms with Crippen LogP contribution in [0.4, 0.5) is 4.39 Å². The highest BCUT2D eigenvalue weighted by Crippen LogP contribution is 2.32. The molecule has 0 bridgehead atoms. The predicted molar refractivity (Wildman–Crippen MR) is 78.6 cm³/mol. The maximum atomic E-state index is 13.7. The molecule has 108 valence electrons. The fourth-order valence-electron chi connectivity index (χ4n) is 2.28. The lowest BCUT2D eigenvalue weighted by molar-refractivity contribution is 0.0696. The summed E-state index contributed by atoms with van der Waals surface area (Å²) in [5.41, 5.74) is 1.25. The molecule has 1 aliphatic rings. The smallest absolute Gasteiger partial charge is 0.335 e. The summed E-state index contributed by atoms with van der Waals surface area (Å²) in [5.74, 6) is -0.000895. The molecule has 0 amide bonds. The van der Waals surface area contributed by atoms with Crippen molar-refractivity contribution in [1.82, 2.24) is 0 Å². The summed E-state index contributed by atoms with van der Waals surface area (Å²) < 4.78 is 19.5. The molecule has 3 nitrogen and oxygen atoms in total. The van der Waals surface area contributed by atoms with Gasteiger partial charge in [-0.15, -0.1) is 11.8 Å². The normalized spacial score (nSPS) is 16.3. The molecule has 0 fully saturated rings. The number of aromatic carboxylic acids is 1. The average molecular weight is 304 g/mol. The summed E-state index contributed by atoms with van der Waals surface area (Å²) >= 11 is 1.28. The van der Waals surface area contributed by atoms with Crippen LogP contribution in [0.3, 0.4) is 0 Å². The first-order valence-electron chi connectivity index (χ1n) is 6.53. The van der Waals surface area contributed by atoms with Crippen molar-refractivity contribution in [1.29, 1.82) is 0 Å². The molecular formula is C16H13FO3S. The standard InChI is InChI=1S/C16H13FO3S/c17-13-6-5-11(16(18)19)8-15(13)21-9-12-7-10-3-1-2-4-14(10)20-12/h1-6,8,12H,7,9H2,(H,18,19). The number of rotatable bonds is 4. The molecule has 0 saturated heterocycles. The molecule has 0 aliphatic carbocycles. The van der Waals surface area contributed by atoms with Gasteiger partial charge in [-0.05, 0) is 29.8 Å². The predicted octanol–water partition coefficient (Wildman–Crippen LogP) is 3.62. The Morgan fingerprint density at radius 1 is 1.33 bits per heavy atom. The second-order valence-electron chi connectivity index (χ2n) is 4.81. The Morgan fingerprint density at radius 3 is 2.90 bits per heavy atom. The number of hydrogen-bond acceptors (Lipinski definition) is 3. The maximum Gasteiger partial charge on any atom is 0.335 e. The summed E-state index contributed by atoms with van der Waals surface area (Å²) in [6, 6.07) is 11.7. The highest BCUT2D eigenvalue weighted by molar-refractivity contribution is 7.99. The van der Waals surface area contributed by atoms with Crippen molar-refractivity contribution in [2.75, 3.05) is 5.75 Å². The largest absolute Gasteiger partial charge is 0.489 e. The third-order valence-electron chi connectivity index (χ3n) is 3.32. The maximum absolute atomic E-state index is 13.7. The van der Waals surface area contributed by atoms with Gasteiger partial charge >= 0.3 is 5.97 Å². The first kappa shape index (κ1) is 13.9. The molecule has 1 atom stereocenters. The van der Waals surface area contributed by atoms with Crippen molar-refractivity contribution in [3.63, 3.8) is 0 Å². The number of para-hydroxylation sites is 1. The van der Waals surface area contributed by atoms with Crippen molar-refractivity contribution >= 4 is 17.7 Å². The van der Waals surface area contributed by atoms with Crippen LogP contribution in [0.5, 0.6) is 5.75 Å². The number of thioether (sulfide) groups is 1. The molecule has 1 heterocycles. The minimum atomic E-state index is -1.05. The fourth-order valence-corrected chi connectivity index (χ4v) is 3.24. The number of carboxylic acid groups (broad SMARTS) is 1. The molecule has 0 spiro atoms. The van der Waals surface area contributed by atoms with Crippen LogP contribution in [0.15, 0.2) is 47.4 Å². The summed E-state index contributed by atoms with van der Waals surface area (Å²) in [7, 11) is 0. The van der Waals surface area contributed by atoms with Gasteiger partial charge in [0.25, 0.3) is 0 Å². The Kier molecular flexibility index (Phi) is 3.84. The summed E-state index contributed by atoms with van der Waals surface area (Å²) in [6.07, 6.45) is 0.781. The Balaban J connectivity index is 1.67. The van der Waals surface area contributed by atoms with Crippen molar-refractivity contribution in [2.24, 2.45) is 0 Å². The van der Waals surface area contributed by atoms with Crippen LogP contribution in [-0.4, -0.2) is 22.9 Å². The minimum absolute atomic E-state index is 0.0136. The molecule has 2 aromatic rings. The van der Waals surface area contributed by atoms with Crippen LogP contribution in [0.1, 0.15) is 15.9 Å². The van der Waals surface area contributed by atoms with E-state index in [1.807, 2.05) is 24.3 Å². The van der Waals surface area contributed by atoms with Crippen molar-refractivity contribution in [2.45, 2.75) is 17.4 Å². The number of benzene rings is 2. The number of halogens is 1. The van der Waals surface area contributed by atoms with Gasteiger partial charge in [-0.25, -0.2) is 9.18 Å². The van der Waals surface area contributed by atoms with Gasteiger partial charge in [-0.3, -0.25) is 0 Å². The zero-order valence-corrected chi connectivity index (χ0v) is 11.9. The van der Waals surface area contributed by atoms with E-state index in [9.17, 15) is 9.18 Å². The van der Waals surface area contributed by atoms with Crippen molar-refractivity contribution < 1.29 is 19.0 Å². The van der Waals surface area contributed by atoms with Crippen LogP contribution in [-0.2, 0) is 6.42 Å². The third kappa shape index (κ3) is 3.03. The van der Waals surface area contributed by atoms with E-state index in [0.29, 0.717) is 10.6 Å². The van der Waals surface area contributed by atoms with E-state index in [2.05, 4.69) is 0 Å². The van der Waals surface area contributed by atoms with Gasteiger partial charge in [0.15, 0.2) is 0 Å². The summed E-state index contributed by atoms with van der Waals surface area (Å²) in [4.78, 5) is 11.3. The van der Waals surface area contributed by atoms with E-state index in [0.717, 1.165) is 17.7 Å². The lowest BCUT2D eigenvalue weighted by Gasteiger charge is -2.11. The van der Waals surface area contributed by atoms with Crippen LogP contribution >= 0.6 is 11.8 Å². The number of carbonyl (C=O) groups is 1. The fraction of sp³-hybridized carbons (Fsp3) is 0.188. The van der Waals surface area contributed by atoms with Crippen molar-refractivity contribution in [3.8, 4) is 5.75 Å². The van der Waals surface area contributed by atoms with E-state index < -0.39 is 11.8 Å². The Bertz CT molecular complexity index is 662. The first-order valence-corrected chi connectivity index (χ1v) is 7.52. The third-order valence-corrected chi connectivity index (χ3v) is 4.48. The van der Waals surface area contributed by atoms with E-state index in [1.165, 1.54) is 30.0 Å². The lowest BCUT2D eigenvalue weighted by atomic mass is 10.1. The molecule has 1 N–H and O–H groups in total. The van der Waals surface area contributed by atoms with Gasteiger partial charge in [0, 0.05) is 17.1 Å². The molecular weight excluding hydrogens is 291 g/mol. The van der Waals surface area contributed by atoms with Gasteiger partial charge < -0.3 is 9.84 Å². The van der Waals surface area contributed by atoms with E-state index in [4.69, 9.17) is 9.84 Å². The molecule has 21 heavy (non-hydrogen) atoms. The van der Waals surface area contributed by atoms with E-state index in [-0.39, 0.29) is 11.7 Å². The van der Waals surface area contributed by atoms with Gasteiger partial charge in [0.2, 0.25) is 0 Å². The monoisotopic (exact) mass is 304 g/mol. The Labute approximate surface area is 125 Å². The number of carboxylic acids is 1. The molecule has 1 aliphatic heterocycles. The molecule has 5 heteroatoms. The highest BCUT2D eigenvalue weighted by Gasteiger charge is 2.22. The van der Waals surface area contributed by atoms with Gasteiger partial charge in [0.05, 0.1) is 5.56 Å². The molecule has 0 saturated carbocycles. The zero-order valence-electron chi connectivity index (χ0n) is 11.1. The van der Waals surface area contributed by atoms with E-state index in [1.54, 1.807) is 0 Å². The number of hydrogen-bond donors (Lipinski definition) is 1. The summed E-state index contributed by atoms with van der Waals surface area (Å²) in [5, 5.41) is 8.94. The summed E-state index contributed by atoms with van der Waals surface area (Å²) in [6.45, 7) is 0. The topological polar surface area (TPSA) is 46.5 Å². The van der Waals surface area contributed by atoms with Crippen LogP contribution in [0.25, 0.3) is 0 Å². The van der Waals surface area contributed by atoms with Crippen LogP contribution < -0.4 is 4.74 Å². The first-order chi connectivity index (χ1) is 10.1. The van der Waals surface area contributed by atoms with Crippen molar-refractivity contribution in [3.05, 3.63) is 59.4 Å². The van der Waals surface area contributed by atoms with E-state index >= 15 is 0 Å². The van der Waals surface area contributed by atoms with Gasteiger partial charge in [0.1, 0.15) is 17.7 Å². The Hall–Kier alpha value is -2.01. The highest BCUT2D eigenvalue weighted by atomic mass is 32.2. The molecule has 0 radical (unpaired) electrons. The minimum Gasteiger partial charge on any atom is -0.489 e. The SMILES string of the molecule is O=C(O)c1ccc(F)c(SCC2Cc3ccccc3O2)c1. The zero-order chi connectivity index (χ0) is 14.8. The number of fused-ring (bicyclic) bond motifs is 1. The van der Waals surface area contributed by atoms with Crippen LogP contribution in [0, 0.1) is 5.82 Å². The second-order valence-corrected chi connectivity index (χ2v) is 5.87. The average Bonchev–Trinajstić information content (AvgIpc) is 2.89. The number of ether oxygens (including phenoxy) is 1.